The smallest absolute Gasteiger partial charge is 0.0609 e. The standard InChI is InChI=1S/C23H40O/c1-4-10-18(11-5-1)21-16-22(19-12-6-2-7-13-19)24-23(17-21)20-14-8-3-9-15-20/h18-23H,1-17H2. The van der Waals surface area contributed by atoms with E-state index in [1.54, 1.807) is 0 Å². The first-order chi connectivity index (χ1) is 11.9. The lowest BCUT2D eigenvalue weighted by Crippen LogP contribution is -2.43. The van der Waals surface area contributed by atoms with Crippen molar-refractivity contribution in [3.8, 4) is 0 Å². The highest BCUT2D eigenvalue weighted by Gasteiger charge is 2.40. The summed E-state index contributed by atoms with van der Waals surface area (Å²) in [5.41, 5.74) is 0. The Morgan fingerprint density at radius 2 is 0.750 bits per heavy atom. The van der Waals surface area contributed by atoms with Gasteiger partial charge in [-0.25, -0.2) is 0 Å². The van der Waals surface area contributed by atoms with Gasteiger partial charge in [0.15, 0.2) is 0 Å². The SMILES string of the molecule is C1CCC(C2CC(C3CCCCC3)OC(C3CCCCC3)C2)CC1. The molecule has 0 amide bonds. The lowest BCUT2D eigenvalue weighted by molar-refractivity contribution is -0.137. The van der Waals surface area contributed by atoms with E-state index in [1.807, 2.05) is 0 Å². The van der Waals surface area contributed by atoms with Gasteiger partial charge in [0, 0.05) is 0 Å². The molecular formula is C23H40O. The molecule has 0 radical (unpaired) electrons. The number of hydrogen-bond donors (Lipinski definition) is 0. The second-order valence-corrected chi connectivity index (χ2v) is 9.64. The van der Waals surface area contributed by atoms with E-state index in [0.717, 1.165) is 23.7 Å². The molecule has 1 saturated heterocycles. The summed E-state index contributed by atoms with van der Waals surface area (Å²) in [6.45, 7) is 0. The van der Waals surface area contributed by atoms with Crippen molar-refractivity contribution in [2.75, 3.05) is 0 Å². The Hall–Kier alpha value is -0.0400. The molecule has 4 fully saturated rings. The molecule has 3 saturated carbocycles. The molecule has 1 heterocycles. The molecule has 0 aromatic heterocycles. The maximum atomic E-state index is 6.89. The summed E-state index contributed by atoms with van der Waals surface area (Å²) >= 11 is 0. The van der Waals surface area contributed by atoms with Gasteiger partial charge in [-0.05, 0) is 62.2 Å². The van der Waals surface area contributed by atoms with Gasteiger partial charge in [-0.1, -0.05) is 70.6 Å². The van der Waals surface area contributed by atoms with Crippen molar-refractivity contribution in [3.05, 3.63) is 0 Å². The molecule has 2 unspecified atom stereocenters. The third-order valence-corrected chi connectivity index (χ3v) is 8.09. The van der Waals surface area contributed by atoms with Gasteiger partial charge in [-0.15, -0.1) is 0 Å². The average Bonchev–Trinajstić information content (AvgIpc) is 2.70. The Morgan fingerprint density at radius 1 is 0.375 bits per heavy atom. The maximum Gasteiger partial charge on any atom is 0.0609 e. The highest BCUT2D eigenvalue weighted by molar-refractivity contribution is 4.90. The van der Waals surface area contributed by atoms with E-state index >= 15 is 0 Å². The minimum absolute atomic E-state index is 0.623. The lowest BCUT2D eigenvalue weighted by Gasteiger charge is -2.46. The molecule has 3 aliphatic carbocycles. The molecule has 0 aromatic rings. The van der Waals surface area contributed by atoms with Crippen LogP contribution >= 0.6 is 0 Å². The maximum absolute atomic E-state index is 6.89. The first-order valence-electron chi connectivity index (χ1n) is 11.6. The van der Waals surface area contributed by atoms with Crippen LogP contribution in [0.4, 0.5) is 0 Å². The summed E-state index contributed by atoms with van der Waals surface area (Å²) in [6.07, 6.45) is 26.3. The van der Waals surface area contributed by atoms with Gasteiger partial charge >= 0.3 is 0 Å². The highest BCUT2D eigenvalue weighted by atomic mass is 16.5. The van der Waals surface area contributed by atoms with Crippen LogP contribution in [-0.4, -0.2) is 12.2 Å². The summed E-state index contributed by atoms with van der Waals surface area (Å²) in [4.78, 5) is 0. The second-order valence-electron chi connectivity index (χ2n) is 9.64. The molecule has 1 heteroatoms. The first-order valence-corrected chi connectivity index (χ1v) is 11.6. The summed E-state index contributed by atoms with van der Waals surface area (Å²) in [6, 6.07) is 0. The van der Waals surface area contributed by atoms with Gasteiger partial charge in [0.2, 0.25) is 0 Å². The molecule has 4 rings (SSSR count). The second kappa shape index (κ2) is 8.56. The summed E-state index contributed by atoms with van der Waals surface area (Å²) in [5, 5.41) is 0. The summed E-state index contributed by atoms with van der Waals surface area (Å²) < 4.78 is 6.89. The third kappa shape index (κ3) is 4.19. The summed E-state index contributed by atoms with van der Waals surface area (Å²) in [5.74, 6) is 3.84. The Bertz CT molecular complexity index is 297. The zero-order valence-corrected chi connectivity index (χ0v) is 15.9. The van der Waals surface area contributed by atoms with E-state index in [0.29, 0.717) is 12.2 Å². The average molecular weight is 333 g/mol. The van der Waals surface area contributed by atoms with Crippen molar-refractivity contribution in [1.82, 2.24) is 0 Å². The van der Waals surface area contributed by atoms with E-state index in [4.69, 9.17) is 4.74 Å². The number of rotatable bonds is 3. The van der Waals surface area contributed by atoms with E-state index in [-0.39, 0.29) is 0 Å². The van der Waals surface area contributed by atoms with Gasteiger partial charge in [-0.2, -0.15) is 0 Å². The molecule has 4 aliphatic rings. The van der Waals surface area contributed by atoms with E-state index in [9.17, 15) is 0 Å². The van der Waals surface area contributed by atoms with Crippen molar-refractivity contribution in [2.24, 2.45) is 23.7 Å². The van der Waals surface area contributed by atoms with Gasteiger partial charge in [0.25, 0.3) is 0 Å². The fourth-order valence-electron chi connectivity index (χ4n) is 6.64. The normalized spacial score (nSPS) is 38.2. The van der Waals surface area contributed by atoms with E-state index in [1.165, 1.54) is 109 Å². The lowest BCUT2D eigenvalue weighted by atomic mass is 9.69. The molecule has 2 atom stereocenters. The van der Waals surface area contributed by atoms with Gasteiger partial charge in [-0.3, -0.25) is 0 Å². The molecule has 1 nitrogen and oxygen atoms in total. The van der Waals surface area contributed by atoms with Crippen LogP contribution in [0.2, 0.25) is 0 Å². The number of hydrogen-bond acceptors (Lipinski definition) is 1. The quantitative estimate of drug-likeness (QED) is 0.546. The Labute approximate surface area is 150 Å². The largest absolute Gasteiger partial charge is 0.374 e. The molecule has 0 bridgehead atoms. The third-order valence-electron chi connectivity index (χ3n) is 8.09. The van der Waals surface area contributed by atoms with Crippen molar-refractivity contribution in [2.45, 2.75) is 121 Å². The Morgan fingerprint density at radius 3 is 1.17 bits per heavy atom. The van der Waals surface area contributed by atoms with Crippen molar-refractivity contribution in [3.63, 3.8) is 0 Å². The predicted molar refractivity (Wildman–Crippen MR) is 101 cm³/mol. The molecule has 0 spiro atoms. The van der Waals surface area contributed by atoms with Crippen LogP contribution in [0.5, 0.6) is 0 Å². The van der Waals surface area contributed by atoms with Gasteiger partial charge < -0.3 is 4.74 Å². The number of ether oxygens (including phenoxy) is 1. The molecule has 24 heavy (non-hydrogen) atoms. The molecular weight excluding hydrogens is 292 g/mol. The van der Waals surface area contributed by atoms with Crippen LogP contribution in [0.15, 0.2) is 0 Å². The highest BCUT2D eigenvalue weighted by Crippen LogP contribution is 2.45. The fourth-order valence-corrected chi connectivity index (χ4v) is 6.64. The van der Waals surface area contributed by atoms with Crippen LogP contribution in [0.3, 0.4) is 0 Å². The predicted octanol–water partition coefficient (Wildman–Crippen LogP) is 6.89. The minimum atomic E-state index is 0.623. The monoisotopic (exact) mass is 332 g/mol. The van der Waals surface area contributed by atoms with Gasteiger partial charge in [0.1, 0.15) is 0 Å². The van der Waals surface area contributed by atoms with Crippen LogP contribution in [0, 0.1) is 23.7 Å². The summed E-state index contributed by atoms with van der Waals surface area (Å²) in [7, 11) is 0. The Kier molecular flexibility index (Phi) is 6.20. The van der Waals surface area contributed by atoms with Gasteiger partial charge in [0.05, 0.1) is 12.2 Å². The van der Waals surface area contributed by atoms with Crippen molar-refractivity contribution in [1.29, 1.82) is 0 Å². The van der Waals surface area contributed by atoms with Crippen LogP contribution < -0.4 is 0 Å². The van der Waals surface area contributed by atoms with Crippen LogP contribution in [0.25, 0.3) is 0 Å². The minimum Gasteiger partial charge on any atom is -0.374 e. The van der Waals surface area contributed by atoms with E-state index < -0.39 is 0 Å². The van der Waals surface area contributed by atoms with Crippen LogP contribution in [0.1, 0.15) is 109 Å². The zero-order chi connectivity index (χ0) is 16.2. The van der Waals surface area contributed by atoms with Crippen molar-refractivity contribution >= 4 is 0 Å². The zero-order valence-electron chi connectivity index (χ0n) is 15.9. The molecule has 138 valence electrons. The first kappa shape index (κ1) is 17.4. The van der Waals surface area contributed by atoms with Crippen molar-refractivity contribution < 1.29 is 4.74 Å². The van der Waals surface area contributed by atoms with E-state index in [2.05, 4.69) is 0 Å². The fraction of sp³-hybridized carbons (Fsp3) is 1.00. The Balaban J connectivity index is 1.44. The topological polar surface area (TPSA) is 9.23 Å². The molecule has 0 N–H and O–H groups in total. The van der Waals surface area contributed by atoms with Crippen LogP contribution in [-0.2, 0) is 4.74 Å². The molecule has 0 aromatic carbocycles. The molecule has 1 aliphatic heterocycles.